The smallest absolute Gasteiger partial charge is 0.162 e. The lowest BCUT2D eigenvalue weighted by molar-refractivity contribution is 0.324. The Bertz CT molecular complexity index is 359. The first kappa shape index (κ1) is 9.00. The lowest BCUT2D eigenvalue weighted by Gasteiger charge is -2.18. The monoisotopic (exact) mass is 176 g/mol. The minimum absolute atomic E-state index is 0.0903. The number of aliphatic hydroxyl groups excluding tert-OH is 1. The van der Waals surface area contributed by atoms with E-state index in [0.29, 0.717) is 0 Å². The van der Waals surface area contributed by atoms with Crippen LogP contribution in [0.4, 0.5) is 0 Å². The highest BCUT2D eigenvalue weighted by Crippen LogP contribution is 2.18. The van der Waals surface area contributed by atoms with E-state index in [1.165, 1.54) is 12.4 Å². The third kappa shape index (κ3) is 1.56. The zero-order chi connectivity index (χ0) is 9.84. The van der Waals surface area contributed by atoms with Gasteiger partial charge in [0.25, 0.3) is 0 Å². The van der Waals surface area contributed by atoms with Crippen LogP contribution < -0.4 is 0 Å². The molecule has 1 aliphatic rings. The van der Waals surface area contributed by atoms with Crippen molar-refractivity contribution in [3.8, 4) is 6.07 Å². The molecule has 5 heteroatoms. The molecule has 0 radical (unpaired) electrons. The van der Waals surface area contributed by atoms with E-state index in [9.17, 15) is 5.11 Å². The van der Waals surface area contributed by atoms with E-state index < -0.39 is 0 Å². The van der Waals surface area contributed by atoms with Crippen molar-refractivity contribution in [2.75, 3.05) is 0 Å². The van der Waals surface area contributed by atoms with Crippen LogP contribution in [0.3, 0.4) is 0 Å². The van der Waals surface area contributed by atoms with E-state index in [1.807, 2.05) is 0 Å². The van der Waals surface area contributed by atoms with E-state index in [0.717, 1.165) is 5.12 Å². The van der Waals surface area contributed by atoms with Crippen LogP contribution in [0.1, 0.15) is 6.92 Å². The van der Waals surface area contributed by atoms with E-state index in [-0.39, 0.29) is 17.0 Å². The van der Waals surface area contributed by atoms with Gasteiger partial charge < -0.3 is 5.11 Å². The highest BCUT2D eigenvalue weighted by atomic mass is 16.3. The molecule has 0 atom stereocenters. The molecule has 0 spiro atoms. The van der Waals surface area contributed by atoms with Gasteiger partial charge >= 0.3 is 0 Å². The summed E-state index contributed by atoms with van der Waals surface area (Å²) in [6.45, 7) is 5.24. The molecule has 1 N–H and O–H groups in total. The SMILES string of the molecule is C=C1C(O)=C(C#N)C=NN1/N=C\C. The largest absolute Gasteiger partial charge is 0.504 e. The second kappa shape index (κ2) is 3.54. The van der Waals surface area contributed by atoms with Crippen molar-refractivity contribution in [3.63, 3.8) is 0 Å². The van der Waals surface area contributed by atoms with Gasteiger partial charge in [-0.2, -0.15) is 15.5 Å². The highest BCUT2D eigenvalue weighted by molar-refractivity contribution is 5.86. The predicted molar refractivity (Wildman–Crippen MR) is 48.9 cm³/mol. The van der Waals surface area contributed by atoms with Crippen molar-refractivity contribution in [3.05, 3.63) is 23.6 Å². The molecule has 1 aliphatic heterocycles. The molecule has 66 valence electrons. The van der Waals surface area contributed by atoms with Gasteiger partial charge in [-0.3, -0.25) is 0 Å². The predicted octanol–water partition coefficient (Wildman–Crippen LogP) is 1.14. The molecule has 0 unspecified atom stereocenters. The second-order valence-electron chi connectivity index (χ2n) is 2.23. The molecule has 1 rings (SSSR count). The second-order valence-corrected chi connectivity index (χ2v) is 2.23. The molecule has 0 amide bonds. The van der Waals surface area contributed by atoms with Gasteiger partial charge in [-0.15, -0.1) is 5.12 Å². The Labute approximate surface area is 75.6 Å². The zero-order valence-corrected chi connectivity index (χ0v) is 7.10. The Morgan fingerprint density at radius 2 is 2.54 bits per heavy atom. The summed E-state index contributed by atoms with van der Waals surface area (Å²) in [4.78, 5) is 0. The maximum atomic E-state index is 9.39. The van der Waals surface area contributed by atoms with Crippen LogP contribution in [0.25, 0.3) is 0 Å². The maximum absolute atomic E-state index is 9.39. The Balaban J connectivity index is 3.01. The molecular weight excluding hydrogens is 168 g/mol. The Morgan fingerprint density at radius 1 is 1.85 bits per heavy atom. The third-order valence-electron chi connectivity index (χ3n) is 1.41. The zero-order valence-electron chi connectivity index (χ0n) is 7.10. The number of hydrogen-bond acceptors (Lipinski definition) is 5. The molecule has 5 nitrogen and oxygen atoms in total. The minimum Gasteiger partial charge on any atom is -0.504 e. The van der Waals surface area contributed by atoms with Gasteiger partial charge in [-0.25, -0.2) is 0 Å². The van der Waals surface area contributed by atoms with Crippen LogP contribution in [-0.2, 0) is 0 Å². The molecule has 0 aromatic heterocycles. The molecule has 0 aromatic rings. The molecule has 13 heavy (non-hydrogen) atoms. The number of rotatable bonds is 1. The van der Waals surface area contributed by atoms with E-state index in [1.54, 1.807) is 13.0 Å². The molecule has 0 aromatic carbocycles. The molecule has 0 bridgehead atoms. The van der Waals surface area contributed by atoms with Crippen LogP contribution in [0.5, 0.6) is 0 Å². The van der Waals surface area contributed by atoms with Crippen molar-refractivity contribution in [2.45, 2.75) is 6.92 Å². The number of allylic oxidation sites excluding steroid dienone is 1. The fourth-order valence-corrected chi connectivity index (χ4v) is 0.784. The average Bonchev–Trinajstić information content (AvgIpc) is 2.14. The van der Waals surface area contributed by atoms with E-state index in [2.05, 4.69) is 16.8 Å². The number of hydrazone groups is 2. The van der Waals surface area contributed by atoms with Crippen LogP contribution in [0, 0.1) is 11.3 Å². The number of nitriles is 1. The molecule has 1 heterocycles. The third-order valence-corrected chi connectivity index (χ3v) is 1.41. The van der Waals surface area contributed by atoms with Crippen LogP contribution in [-0.4, -0.2) is 22.7 Å². The summed E-state index contributed by atoms with van der Waals surface area (Å²) in [6.07, 6.45) is 2.74. The molecule has 0 saturated heterocycles. The number of nitrogens with zero attached hydrogens (tertiary/aromatic N) is 4. The molecule has 0 saturated carbocycles. The summed E-state index contributed by atoms with van der Waals surface area (Å²) in [7, 11) is 0. The Hall–Kier alpha value is -2.09. The Kier molecular flexibility index (Phi) is 2.45. The van der Waals surface area contributed by atoms with Gasteiger partial charge in [-0.1, -0.05) is 6.58 Å². The van der Waals surface area contributed by atoms with Crippen LogP contribution in [0.15, 0.2) is 33.8 Å². The lowest BCUT2D eigenvalue weighted by atomic mass is 10.2. The van der Waals surface area contributed by atoms with Gasteiger partial charge in [0, 0.05) is 6.21 Å². The highest BCUT2D eigenvalue weighted by Gasteiger charge is 2.17. The van der Waals surface area contributed by atoms with Crippen LogP contribution >= 0.6 is 0 Å². The topological polar surface area (TPSA) is 72.0 Å². The van der Waals surface area contributed by atoms with Crippen molar-refractivity contribution in [1.29, 1.82) is 5.26 Å². The summed E-state index contributed by atoms with van der Waals surface area (Å²) in [6, 6.07) is 1.79. The fourth-order valence-electron chi connectivity index (χ4n) is 0.784. The van der Waals surface area contributed by atoms with Crippen molar-refractivity contribution >= 4 is 12.4 Å². The first-order valence-electron chi connectivity index (χ1n) is 3.56. The first-order chi connectivity index (χ1) is 6.20. The van der Waals surface area contributed by atoms with Gasteiger partial charge in [0.2, 0.25) is 0 Å². The van der Waals surface area contributed by atoms with Crippen molar-refractivity contribution in [2.24, 2.45) is 10.2 Å². The maximum Gasteiger partial charge on any atom is 0.162 e. The normalized spacial score (nSPS) is 16.9. The summed E-state index contributed by atoms with van der Waals surface area (Å²) >= 11 is 0. The standard InChI is InChI=1S/C8H8N4O/c1-3-10-12-6(2)8(13)7(4-9)5-11-12/h3,5,13H,2H2,1H3/b10-3-. The molecule has 0 fully saturated rings. The average molecular weight is 176 g/mol. The summed E-state index contributed by atoms with van der Waals surface area (Å²) in [5.41, 5.74) is 0.282. The van der Waals surface area contributed by atoms with E-state index in [4.69, 9.17) is 5.26 Å². The van der Waals surface area contributed by atoms with E-state index >= 15 is 0 Å². The van der Waals surface area contributed by atoms with Gasteiger partial charge in [-0.05, 0) is 6.92 Å². The fraction of sp³-hybridized carbons (Fsp3) is 0.125. The van der Waals surface area contributed by atoms with Gasteiger partial charge in [0.1, 0.15) is 17.3 Å². The Morgan fingerprint density at radius 3 is 3.08 bits per heavy atom. The van der Waals surface area contributed by atoms with Crippen LogP contribution in [0.2, 0.25) is 0 Å². The quantitative estimate of drug-likeness (QED) is 0.609. The first-order valence-corrected chi connectivity index (χ1v) is 3.56. The minimum atomic E-state index is -0.192. The summed E-state index contributed by atoms with van der Waals surface area (Å²) < 4.78 is 0. The molecule has 0 aliphatic carbocycles. The number of aliphatic hydroxyl groups is 1. The molecular formula is C8H8N4O. The lowest BCUT2D eigenvalue weighted by Crippen LogP contribution is -2.17. The van der Waals surface area contributed by atoms with Crippen molar-refractivity contribution in [1.82, 2.24) is 5.12 Å². The summed E-state index contributed by atoms with van der Waals surface area (Å²) in [5, 5.41) is 26.6. The summed E-state index contributed by atoms with van der Waals surface area (Å²) in [5.74, 6) is -0.192. The van der Waals surface area contributed by atoms with Gasteiger partial charge in [0.15, 0.2) is 5.76 Å². The van der Waals surface area contributed by atoms with Crippen molar-refractivity contribution < 1.29 is 5.11 Å². The van der Waals surface area contributed by atoms with Gasteiger partial charge in [0.05, 0.1) is 6.21 Å². The number of hydrogen-bond donors (Lipinski definition) is 1.